The molecule has 0 N–H and O–H groups in total. The summed E-state index contributed by atoms with van der Waals surface area (Å²) in [4.78, 5) is 43.0. The summed E-state index contributed by atoms with van der Waals surface area (Å²) >= 11 is 0. The van der Waals surface area contributed by atoms with Crippen molar-refractivity contribution in [1.82, 2.24) is 9.80 Å². The topological polar surface area (TPSA) is 96.2 Å². The molecule has 1 unspecified atom stereocenters. The predicted octanol–water partition coefficient (Wildman–Crippen LogP) is 3.42. The molecule has 2 amide bonds. The third-order valence-electron chi connectivity index (χ3n) is 7.03. The number of hydrogen-bond donors (Lipinski definition) is 0. The highest BCUT2D eigenvalue weighted by atomic mass is 16.6. The van der Waals surface area contributed by atoms with E-state index in [1.807, 2.05) is 4.90 Å². The lowest BCUT2D eigenvalue weighted by molar-refractivity contribution is -0.385. The normalized spacial score (nSPS) is 18.4. The molecule has 2 aliphatic heterocycles. The number of aryl methyl sites for hydroxylation is 2. The molecule has 9 heteroatoms. The van der Waals surface area contributed by atoms with E-state index in [0.29, 0.717) is 31.7 Å². The Kier molecular flexibility index (Phi) is 7.23. The van der Waals surface area contributed by atoms with E-state index in [1.165, 1.54) is 42.1 Å². The van der Waals surface area contributed by atoms with Gasteiger partial charge in [-0.1, -0.05) is 18.2 Å². The quantitative estimate of drug-likeness (QED) is 0.481. The second-order valence-corrected chi connectivity index (χ2v) is 9.29. The van der Waals surface area contributed by atoms with Crippen molar-refractivity contribution < 1.29 is 19.2 Å². The molecule has 35 heavy (non-hydrogen) atoms. The van der Waals surface area contributed by atoms with Crippen LogP contribution < -0.4 is 9.64 Å². The van der Waals surface area contributed by atoms with E-state index >= 15 is 0 Å². The maximum absolute atomic E-state index is 13.3. The average Bonchev–Trinajstić information content (AvgIpc) is 2.87. The van der Waals surface area contributed by atoms with Crippen LogP contribution in [0.2, 0.25) is 0 Å². The van der Waals surface area contributed by atoms with Gasteiger partial charge in [-0.2, -0.15) is 0 Å². The number of amides is 2. The summed E-state index contributed by atoms with van der Waals surface area (Å²) in [5.41, 5.74) is 3.88. The number of piperidine rings is 1. The molecule has 2 heterocycles. The summed E-state index contributed by atoms with van der Waals surface area (Å²) in [6, 6.07) is 10.4. The molecule has 2 saturated heterocycles. The van der Waals surface area contributed by atoms with Gasteiger partial charge in [-0.25, -0.2) is 0 Å². The van der Waals surface area contributed by atoms with E-state index in [0.717, 1.165) is 25.9 Å². The fraction of sp³-hybridized carbons (Fsp3) is 0.462. The number of carbonyl (C=O) groups is 2. The third kappa shape index (κ3) is 5.08. The van der Waals surface area contributed by atoms with E-state index in [9.17, 15) is 19.7 Å². The predicted molar refractivity (Wildman–Crippen MR) is 133 cm³/mol. The molecule has 2 aromatic carbocycles. The smallest absolute Gasteiger partial charge is 0.310 e. The van der Waals surface area contributed by atoms with Crippen LogP contribution in [0.5, 0.6) is 5.75 Å². The summed E-state index contributed by atoms with van der Waals surface area (Å²) in [5, 5.41) is 11.2. The zero-order chi connectivity index (χ0) is 25.1. The van der Waals surface area contributed by atoms with Crippen LogP contribution >= 0.6 is 0 Å². The van der Waals surface area contributed by atoms with Gasteiger partial charge in [-0.15, -0.1) is 0 Å². The second kappa shape index (κ2) is 10.3. The first kappa shape index (κ1) is 24.5. The van der Waals surface area contributed by atoms with Crippen molar-refractivity contribution in [3.05, 3.63) is 63.2 Å². The number of para-hydroxylation sites is 1. The summed E-state index contributed by atoms with van der Waals surface area (Å²) in [5.74, 6) is -0.327. The van der Waals surface area contributed by atoms with Gasteiger partial charge >= 0.3 is 5.69 Å². The fourth-order valence-electron chi connectivity index (χ4n) is 5.22. The molecule has 0 aromatic heterocycles. The Morgan fingerprint density at radius 2 is 1.69 bits per heavy atom. The van der Waals surface area contributed by atoms with Gasteiger partial charge in [-0.3, -0.25) is 19.7 Å². The number of piperazine rings is 1. The highest BCUT2D eigenvalue weighted by Crippen LogP contribution is 2.30. The van der Waals surface area contributed by atoms with Gasteiger partial charge in [-0.05, 0) is 43.9 Å². The van der Waals surface area contributed by atoms with Gasteiger partial charge in [0.25, 0.3) is 5.91 Å². The van der Waals surface area contributed by atoms with Crippen LogP contribution in [0.4, 0.5) is 11.4 Å². The van der Waals surface area contributed by atoms with Gasteiger partial charge in [0, 0.05) is 62.7 Å². The van der Waals surface area contributed by atoms with Crippen molar-refractivity contribution in [1.29, 1.82) is 0 Å². The summed E-state index contributed by atoms with van der Waals surface area (Å²) in [6.07, 6.45) is 1.50. The van der Waals surface area contributed by atoms with Crippen LogP contribution in [0.25, 0.3) is 0 Å². The van der Waals surface area contributed by atoms with Crippen molar-refractivity contribution >= 4 is 23.2 Å². The molecule has 2 aromatic rings. The zero-order valence-electron chi connectivity index (χ0n) is 20.5. The van der Waals surface area contributed by atoms with Crippen molar-refractivity contribution in [3.8, 4) is 5.75 Å². The molecule has 0 radical (unpaired) electrons. The second-order valence-electron chi connectivity index (χ2n) is 9.29. The Balaban J connectivity index is 1.39. The lowest BCUT2D eigenvalue weighted by Gasteiger charge is -2.40. The van der Waals surface area contributed by atoms with Crippen LogP contribution in [-0.4, -0.2) is 72.9 Å². The third-order valence-corrected chi connectivity index (χ3v) is 7.03. The minimum absolute atomic E-state index is 0.0484. The maximum Gasteiger partial charge on any atom is 0.310 e. The standard InChI is InChI=1S/C26H32N4O5/c1-18-6-4-7-19(2)24(18)27-12-14-28(15-13-27)26(32)21-8-5-11-29(17-21)25(31)20-9-10-22(30(33)34)23(16-20)35-3/h4,6-7,9-10,16,21H,5,8,11-15,17H2,1-3H3. The number of nitrogens with zero attached hydrogens (tertiary/aromatic N) is 4. The minimum atomic E-state index is -0.539. The van der Waals surface area contributed by atoms with Gasteiger partial charge in [0.15, 0.2) is 5.75 Å². The first-order valence-corrected chi connectivity index (χ1v) is 12.0. The van der Waals surface area contributed by atoms with E-state index in [1.54, 1.807) is 4.90 Å². The molecular weight excluding hydrogens is 448 g/mol. The van der Waals surface area contributed by atoms with Crippen molar-refractivity contribution in [2.24, 2.45) is 5.92 Å². The summed E-state index contributed by atoms with van der Waals surface area (Å²) < 4.78 is 5.10. The number of rotatable bonds is 5. The SMILES string of the molecule is COc1cc(C(=O)N2CCCC(C(=O)N3CCN(c4c(C)cccc4C)CC3)C2)ccc1[N+](=O)[O-]. The lowest BCUT2D eigenvalue weighted by atomic mass is 9.95. The van der Waals surface area contributed by atoms with Crippen LogP contribution in [0, 0.1) is 29.9 Å². The molecular formula is C26H32N4O5. The summed E-state index contributed by atoms with van der Waals surface area (Å²) in [6.45, 7) is 8.05. The van der Waals surface area contributed by atoms with E-state index in [-0.39, 0.29) is 29.2 Å². The van der Waals surface area contributed by atoms with Gasteiger partial charge in [0.2, 0.25) is 5.91 Å². The molecule has 0 spiro atoms. The first-order valence-electron chi connectivity index (χ1n) is 12.0. The highest BCUT2D eigenvalue weighted by Gasteiger charge is 2.33. The number of anilines is 1. The zero-order valence-corrected chi connectivity index (χ0v) is 20.5. The van der Waals surface area contributed by atoms with Crippen molar-refractivity contribution in [3.63, 3.8) is 0 Å². The number of benzene rings is 2. The molecule has 9 nitrogen and oxygen atoms in total. The van der Waals surface area contributed by atoms with Crippen LogP contribution in [0.15, 0.2) is 36.4 Å². The molecule has 1 atom stereocenters. The van der Waals surface area contributed by atoms with Gasteiger partial charge < -0.3 is 19.4 Å². The number of hydrogen-bond acceptors (Lipinski definition) is 6. The number of methoxy groups -OCH3 is 1. The van der Waals surface area contributed by atoms with Gasteiger partial charge in [0.1, 0.15) is 0 Å². The van der Waals surface area contributed by atoms with Crippen LogP contribution in [-0.2, 0) is 4.79 Å². The van der Waals surface area contributed by atoms with Crippen molar-refractivity contribution in [2.75, 3.05) is 51.3 Å². The number of ether oxygens (including phenoxy) is 1. The maximum atomic E-state index is 13.3. The van der Waals surface area contributed by atoms with E-state index in [4.69, 9.17) is 4.74 Å². The Hall–Kier alpha value is -3.62. The Morgan fingerprint density at radius 1 is 1.00 bits per heavy atom. The molecule has 4 rings (SSSR count). The molecule has 0 bridgehead atoms. The minimum Gasteiger partial charge on any atom is -0.490 e. The van der Waals surface area contributed by atoms with E-state index in [2.05, 4.69) is 36.9 Å². The Bertz CT molecular complexity index is 1110. The molecule has 0 aliphatic carbocycles. The molecule has 0 saturated carbocycles. The molecule has 2 aliphatic rings. The Labute approximate surface area is 205 Å². The van der Waals surface area contributed by atoms with Gasteiger partial charge in [0.05, 0.1) is 18.0 Å². The largest absolute Gasteiger partial charge is 0.490 e. The van der Waals surface area contributed by atoms with Crippen LogP contribution in [0.3, 0.4) is 0 Å². The first-order chi connectivity index (χ1) is 16.8. The monoisotopic (exact) mass is 480 g/mol. The number of carbonyl (C=O) groups excluding carboxylic acids is 2. The van der Waals surface area contributed by atoms with Crippen molar-refractivity contribution in [2.45, 2.75) is 26.7 Å². The van der Waals surface area contributed by atoms with Crippen LogP contribution in [0.1, 0.15) is 34.3 Å². The highest BCUT2D eigenvalue weighted by molar-refractivity contribution is 5.95. The Morgan fingerprint density at radius 3 is 2.31 bits per heavy atom. The lowest BCUT2D eigenvalue weighted by Crippen LogP contribution is -2.53. The summed E-state index contributed by atoms with van der Waals surface area (Å²) in [7, 11) is 1.34. The van der Waals surface area contributed by atoms with E-state index < -0.39 is 4.92 Å². The molecule has 2 fully saturated rings. The number of likely N-dealkylation sites (tertiary alicyclic amines) is 1. The number of nitro benzene ring substituents is 1. The number of nitro groups is 1. The molecule has 186 valence electrons. The fourth-order valence-corrected chi connectivity index (χ4v) is 5.22. The average molecular weight is 481 g/mol.